The van der Waals surface area contributed by atoms with Crippen LogP contribution in [0.15, 0.2) is 18.2 Å². The van der Waals surface area contributed by atoms with Crippen molar-refractivity contribution in [1.82, 2.24) is 0 Å². The molecule has 0 bridgehead atoms. The molecule has 86 valence electrons. The van der Waals surface area contributed by atoms with Crippen LogP contribution < -0.4 is 0 Å². The molecule has 0 radical (unpaired) electrons. The first kappa shape index (κ1) is 13.0. The van der Waals surface area contributed by atoms with E-state index in [1.807, 2.05) is 0 Å². The lowest BCUT2D eigenvalue weighted by Gasteiger charge is -2.06. The van der Waals surface area contributed by atoms with Gasteiger partial charge in [0.15, 0.2) is 0 Å². The monoisotopic (exact) mass is 241 g/mol. The highest BCUT2D eigenvalue weighted by Gasteiger charge is 2.05. The Balaban J connectivity index is 2.52. The van der Waals surface area contributed by atoms with Gasteiger partial charge in [-0.3, -0.25) is 0 Å². The molecule has 1 aromatic rings. The van der Waals surface area contributed by atoms with Crippen LogP contribution in [-0.2, 0) is 5.75 Å². The number of hydrogen-bond donors (Lipinski definition) is 2. The van der Waals surface area contributed by atoms with Crippen LogP contribution in [0.4, 0.5) is 4.39 Å². The second kappa shape index (κ2) is 6.48. The number of nitriles is 1. The minimum absolute atomic E-state index is 0.0285. The molecule has 5 heteroatoms. The Labute approximate surface area is 97.5 Å². The van der Waals surface area contributed by atoms with E-state index in [0.29, 0.717) is 11.5 Å². The molecule has 16 heavy (non-hydrogen) atoms. The first-order valence-electron chi connectivity index (χ1n) is 4.72. The first-order chi connectivity index (χ1) is 7.67. The van der Waals surface area contributed by atoms with Gasteiger partial charge in [0, 0.05) is 11.5 Å². The van der Waals surface area contributed by atoms with E-state index in [4.69, 9.17) is 15.5 Å². The van der Waals surface area contributed by atoms with Crippen molar-refractivity contribution < 1.29 is 14.6 Å². The molecule has 0 heterocycles. The number of aliphatic hydroxyl groups is 2. The summed E-state index contributed by atoms with van der Waals surface area (Å²) in [6.07, 6.45) is -0.735. The molecule has 0 aliphatic carbocycles. The molecule has 2 N–H and O–H groups in total. The van der Waals surface area contributed by atoms with E-state index in [1.165, 1.54) is 23.9 Å². The highest BCUT2D eigenvalue weighted by molar-refractivity contribution is 7.98. The van der Waals surface area contributed by atoms with Gasteiger partial charge in [0.25, 0.3) is 0 Å². The molecule has 3 nitrogen and oxygen atoms in total. The largest absolute Gasteiger partial charge is 0.394 e. The summed E-state index contributed by atoms with van der Waals surface area (Å²) in [5.41, 5.74) is 0.855. The van der Waals surface area contributed by atoms with Crippen LogP contribution in [0.5, 0.6) is 0 Å². The number of thioether (sulfide) groups is 1. The molecule has 0 aliphatic rings. The molecule has 0 amide bonds. The van der Waals surface area contributed by atoms with E-state index in [2.05, 4.69) is 0 Å². The first-order valence-corrected chi connectivity index (χ1v) is 5.88. The molecule has 1 rings (SSSR count). The highest BCUT2D eigenvalue weighted by atomic mass is 32.2. The Kier molecular flexibility index (Phi) is 5.26. The van der Waals surface area contributed by atoms with Crippen molar-refractivity contribution in [2.75, 3.05) is 12.4 Å². The number of aliphatic hydroxyl groups excluding tert-OH is 2. The van der Waals surface area contributed by atoms with Gasteiger partial charge in [-0.25, -0.2) is 4.39 Å². The maximum Gasteiger partial charge on any atom is 0.140 e. The van der Waals surface area contributed by atoms with E-state index >= 15 is 0 Å². The zero-order valence-corrected chi connectivity index (χ0v) is 9.38. The van der Waals surface area contributed by atoms with E-state index in [1.54, 1.807) is 12.1 Å². The number of benzene rings is 1. The van der Waals surface area contributed by atoms with Gasteiger partial charge in [0.2, 0.25) is 0 Å². The minimum atomic E-state index is -0.735. The Hall–Kier alpha value is -1.09. The minimum Gasteiger partial charge on any atom is -0.394 e. The second-order valence-corrected chi connectivity index (χ2v) is 4.31. The van der Waals surface area contributed by atoms with E-state index in [9.17, 15) is 4.39 Å². The van der Waals surface area contributed by atoms with Gasteiger partial charge in [-0.15, -0.1) is 0 Å². The quantitative estimate of drug-likeness (QED) is 0.815. The predicted octanol–water partition coefficient (Wildman–Crippen LogP) is 1.28. The molecule has 1 aromatic carbocycles. The molecule has 0 saturated heterocycles. The van der Waals surface area contributed by atoms with Gasteiger partial charge in [-0.2, -0.15) is 17.0 Å². The van der Waals surface area contributed by atoms with E-state index in [0.717, 1.165) is 5.56 Å². The van der Waals surface area contributed by atoms with Gasteiger partial charge >= 0.3 is 0 Å². The van der Waals surface area contributed by atoms with Gasteiger partial charge in [0.1, 0.15) is 11.9 Å². The SMILES string of the molecule is N#Cc1cc(CSCC(O)CO)ccc1F. The third-order valence-electron chi connectivity index (χ3n) is 1.94. The van der Waals surface area contributed by atoms with E-state index in [-0.39, 0.29) is 12.2 Å². The molecule has 0 aliphatic heterocycles. The molecule has 0 fully saturated rings. The van der Waals surface area contributed by atoms with Crippen LogP contribution in [0, 0.1) is 17.1 Å². The number of nitrogens with zero attached hydrogens (tertiary/aromatic N) is 1. The summed E-state index contributed by atoms with van der Waals surface area (Å²) < 4.78 is 13.0. The van der Waals surface area contributed by atoms with Crippen molar-refractivity contribution in [3.05, 3.63) is 35.1 Å². The summed E-state index contributed by atoms with van der Waals surface area (Å²) in [6.45, 7) is -0.264. The number of rotatable bonds is 5. The number of halogens is 1. The Bertz CT molecular complexity index is 392. The van der Waals surface area contributed by atoms with Crippen molar-refractivity contribution in [2.24, 2.45) is 0 Å². The maximum atomic E-state index is 13.0. The third-order valence-corrected chi connectivity index (χ3v) is 3.10. The predicted molar refractivity (Wildman–Crippen MR) is 60.4 cm³/mol. The lowest BCUT2D eigenvalue weighted by Crippen LogP contribution is -2.14. The van der Waals surface area contributed by atoms with Crippen LogP contribution in [0.3, 0.4) is 0 Å². The molecular weight excluding hydrogens is 229 g/mol. The van der Waals surface area contributed by atoms with Crippen LogP contribution >= 0.6 is 11.8 Å². The summed E-state index contributed by atoms with van der Waals surface area (Å²) in [5.74, 6) is 0.466. The van der Waals surface area contributed by atoms with Crippen LogP contribution in [-0.4, -0.2) is 28.7 Å². The second-order valence-electron chi connectivity index (χ2n) is 3.28. The fraction of sp³-hybridized carbons (Fsp3) is 0.364. The molecule has 1 atom stereocenters. The lowest BCUT2D eigenvalue weighted by atomic mass is 10.1. The Morgan fingerprint density at radius 1 is 1.50 bits per heavy atom. The zero-order chi connectivity index (χ0) is 12.0. The fourth-order valence-corrected chi connectivity index (χ4v) is 2.02. The highest BCUT2D eigenvalue weighted by Crippen LogP contribution is 2.16. The number of hydrogen-bond acceptors (Lipinski definition) is 4. The summed E-state index contributed by atoms with van der Waals surface area (Å²) in [7, 11) is 0. The van der Waals surface area contributed by atoms with Crippen molar-refractivity contribution in [1.29, 1.82) is 5.26 Å². The Morgan fingerprint density at radius 3 is 2.88 bits per heavy atom. The van der Waals surface area contributed by atoms with Crippen LogP contribution in [0.25, 0.3) is 0 Å². The van der Waals surface area contributed by atoms with Gasteiger partial charge in [-0.1, -0.05) is 6.07 Å². The summed E-state index contributed by atoms with van der Waals surface area (Å²) >= 11 is 1.42. The fourth-order valence-electron chi connectivity index (χ4n) is 1.11. The van der Waals surface area contributed by atoms with Crippen molar-refractivity contribution in [2.45, 2.75) is 11.9 Å². The normalized spacial score (nSPS) is 12.1. The molecule has 1 unspecified atom stereocenters. The zero-order valence-electron chi connectivity index (χ0n) is 8.56. The van der Waals surface area contributed by atoms with Crippen molar-refractivity contribution >= 4 is 11.8 Å². The summed E-state index contributed by atoms with van der Waals surface area (Å²) in [5, 5.41) is 26.3. The molecule has 0 saturated carbocycles. The average Bonchev–Trinajstić information content (AvgIpc) is 2.31. The van der Waals surface area contributed by atoms with E-state index < -0.39 is 11.9 Å². The third kappa shape index (κ3) is 3.81. The molecular formula is C11H12FNO2S. The van der Waals surface area contributed by atoms with Crippen molar-refractivity contribution in [3.63, 3.8) is 0 Å². The summed E-state index contributed by atoms with van der Waals surface area (Å²) in [6, 6.07) is 6.13. The molecule has 0 aromatic heterocycles. The van der Waals surface area contributed by atoms with Crippen molar-refractivity contribution in [3.8, 4) is 6.07 Å². The van der Waals surface area contributed by atoms with Gasteiger partial charge < -0.3 is 10.2 Å². The molecule has 0 spiro atoms. The van der Waals surface area contributed by atoms with Crippen LogP contribution in [0.2, 0.25) is 0 Å². The van der Waals surface area contributed by atoms with Gasteiger partial charge in [-0.05, 0) is 17.7 Å². The standard InChI is InChI=1S/C11H12FNO2S/c12-11-2-1-8(3-9(11)4-13)6-16-7-10(15)5-14/h1-3,10,14-15H,5-7H2. The Morgan fingerprint density at radius 2 is 2.25 bits per heavy atom. The smallest absolute Gasteiger partial charge is 0.140 e. The maximum absolute atomic E-state index is 13.0. The van der Waals surface area contributed by atoms with Gasteiger partial charge in [0.05, 0.1) is 18.3 Å². The topological polar surface area (TPSA) is 64.2 Å². The van der Waals surface area contributed by atoms with Crippen LogP contribution in [0.1, 0.15) is 11.1 Å². The lowest BCUT2D eigenvalue weighted by molar-refractivity contribution is 0.113. The average molecular weight is 241 g/mol. The summed E-state index contributed by atoms with van der Waals surface area (Å²) in [4.78, 5) is 0.